The summed E-state index contributed by atoms with van der Waals surface area (Å²) in [6, 6.07) is 29.7. The first-order valence-corrected chi connectivity index (χ1v) is 18.2. The third kappa shape index (κ3) is 9.32. The van der Waals surface area contributed by atoms with E-state index < -0.39 is 74.6 Å². The van der Waals surface area contributed by atoms with Gasteiger partial charge in [0.15, 0.2) is 0 Å². The highest BCUT2D eigenvalue weighted by atomic mass is 16.7. The Hall–Kier alpha value is -5.79. The Kier molecular flexibility index (Phi) is 12.7. The van der Waals surface area contributed by atoms with Gasteiger partial charge in [0.2, 0.25) is 12.6 Å². The predicted octanol–water partition coefficient (Wildman–Crippen LogP) is 0.363. The van der Waals surface area contributed by atoms with E-state index in [1.165, 1.54) is 0 Å². The van der Waals surface area contributed by atoms with Gasteiger partial charge in [0.1, 0.15) is 71.7 Å². The van der Waals surface area contributed by atoms with Crippen molar-refractivity contribution >= 4 is 0 Å². The number of hydrogen-bond donors (Lipinski definition) is 8. The molecule has 15 heteroatoms. The fourth-order valence-corrected chi connectivity index (χ4v) is 6.12. The molecule has 2 aliphatic heterocycles. The fraction of sp³-hybridized carbons (Fsp3) is 0.279. The van der Waals surface area contributed by atoms with Crippen LogP contribution in [0.15, 0.2) is 103 Å². The zero-order valence-electron chi connectivity index (χ0n) is 30.6. The number of ether oxygens (including phenoxy) is 4. The summed E-state index contributed by atoms with van der Waals surface area (Å²) >= 11 is 0. The lowest BCUT2D eigenvalue weighted by molar-refractivity contribution is -0.277. The van der Waals surface area contributed by atoms with Crippen LogP contribution in [-0.4, -0.2) is 130 Å². The maximum Gasteiger partial charge on any atom is 0.229 e. The topological polar surface area (TPSA) is 237 Å². The van der Waals surface area contributed by atoms with Crippen molar-refractivity contribution in [1.29, 1.82) is 0 Å². The van der Waals surface area contributed by atoms with Crippen molar-refractivity contribution < 1.29 is 59.8 Å². The van der Waals surface area contributed by atoms with Crippen molar-refractivity contribution in [3.8, 4) is 58.0 Å². The van der Waals surface area contributed by atoms with Gasteiger partial charge in [-0.1, -0.05) is 30.0 Å². The first-order valence-electron chi connectivity index (χ1n) is 18.2. The van der Waals surface area contributed by atoms with E-state index in [0.717, 1.165) is 0 Å². The predicted molar refractivity (Wildman–Crippen MR) is 204 cm³/mol. The molecule has 0 saturated carbocycles. The second-order valence-corrected chi connectivity index (χ2v) is 13.4. The van der Waals surface area contributed by atoms with Crippen LogP contribution in [-0.2, 0) is 9.47 Å². The second kappa shape index (κ2) is 18.2. The molecule has 0 unspecified atom stereocenters. The Bertz CT molecular complexity index is 2140. The van der Waals surface area contributed by atoms with E-state index in [2.05, 4.69) is 33.6 Å². The molecule has 0 bridgehead atoms. The number of pyridine rings is 3. The van der Waals surface area contributed by atoms with Crippen molar-refractivity contribution in [2.75, 3.05) is 13.2 Å². The van der Waals surface area contributed by atoms with Gasteiger partial charge in [-0.05, 0) is 96.8 Å². The van der Waals surface area contributed by atoms with Gasteiger partial charge in [-0.25, -0.2) is 15.0 Å². The second-order valence-electron chi connectivity index (χ2n) is 13.4. The summed E-state index contributed by atoms with van der Waals surface area (Å²) in [5.41, 5.74) is 4.75. The normalized spacial score (nSPS) is 26.7. The third-order valence-electron chi connectivity index (χ3n) is 9.35. The van der Waals surface area contributed by atoms with Gasteiger partial charge in [0.05, 0.1) is 36.0 Å². The van der Waals surface area contributed by atoms with Crippen molar-refractivity contribution in [3.63, 3.8) is 0 Å². The number of nitrogens with zero attached hydrogens (tertiary/aromatic N) is 3. The van der Waals surface area contributed by atoms with Crippen LogP contribution in [0, 0.1) is 23.7 Å². The maximum atomic E-state index is 10.2. The number of aromatic nitrogens is 3. The summed E-state index contributed by atoms with van der Waals surface area (Å²) in [6.07, 6.45) is -13.8. The van der Waals surface area contributed by atoms with Gasteiger partial charge >= 0.3 is 0 Å². The molecule has 8 N–H and O–H groups in total. The molecule has 0 aliphatic carbocycles. The molecule has 7 rings (SSSR count). The average molecular weight is 790 g/mol. The van der Waals surface area contributed by atoms with Crippen LogP contribution in [0.5, 0.6) is 11.5 Å². The first-order chi connectivity index (χ1) is 28.1. The molecule has 298 valence electrons. The van der Waals surface area contributed by atoms with Crippen LogP contribution in [0.2, 0.25) is 0 Å². The number of hydrogen-bond acceptors (Lipinski definition) is 15. The third-order valence-corrected chi connectivity index (χ3v) is 9.35. The van der Waals surface area contributed by atoms with Gasteiger partial charge in [0, 0.05) is 11.1 Å². The quantitative estimate of drug-likeness (QED) is 0.0992. The number of aliphatic hydroxyl groups is 8. The van der Waals surface area contributed by atoms with E-state index in [9.17, 15) is 40.9 Å². The number of benzene rings is 2. The molecule has 2 aliphatic rings. The van der Waals surface area contributed by atoms with E-state index in [-0.39, 0.29) is 0 Å². The Morgan fingerprint density at radius 2 is 0.793 bits per heavy atom. The van der Waals surface area contributed by atoms with Gasteiger partial charge < -0.3 is 59.8 Å². The molecule has 10 atom stereocenters. The van der Waals surface area contributed by atoms with Gasteiger partial charge in [0.25, 0.3) is 0 Å². The van der Waals surface area contributed by atoms with Crippen LogP contribution in [0.1, 0.15) is 22.5 Å². The summed E-state index contributed by atoms with van der Waals surface area (Å²) in [5, 5.41) is 79.3. The van der Waals surface area contributed by atoms with Crippen molar-refractivity contribution in [2.24, 2.45) is 0 Å². The minimum Gasteiger partial charge on any atom is -0.462 e. The van der Waals surface area contributed by atoms with Crippen LogP contribution >= 0.6 is 0 Å². The molecule has 0 amide bonds. The van der Waals surface area contributed by atoms with E-state index in [4.69, 9.17) is 23.9 Å². The molecule has 0 spiro atoms. The molecular formula is C43H39N3O12. The molecule has 5 heterocycles. The van der Waals surface area contributed by atoms with Crippen molar-refractivity contribution in [2.45, 2.75) is 61.4 Å². The van der Waals surface area contributed by atoms with Crippen LogP contribution in [0.25, 0.3) is 22.8 Å². The molecular weight excluding hydrogens is 750 g/mol. The van der Waals surface area contributed by atoms with Crippen molar-refractivity contribution in [3.05, 3.63) is 126 Å². The van der Waals surface area contributed by atoms with Crippen LogP contribution in [0.4, 0.5) is 0 Å². The van der Waals surface area contributed by atoms with E-state index in [1.54, 1.807) is 60.7 Å². The molecule has 3 aromatic heterocycles. The monoisotopic (exact) mass is 789 g/mol. The summed E-state index contributed by atoms with van der Waals surface area (Å²) in [6.45, 7) is -1.12. The standard InChI is InChI=1S/C43H39N3O12/c47-22-34-36(49)38(51)40(53)42(57-34)55-28-18-12-24(13-19-28)10-16-26-4-1-6-30(44-26)32-8-3-9-33(46-32)31-7-2-5-27(45-31)17-11-25-14-20-29(21-15-25)56-43-41(54)39(52)37(50)35(23-48)58-43/h1-9,12-15,18-21,34-43,47-54H,22-23H2/t34-,35-,36+,37+,38+,39+,40-,41-,42-,43-/m1/s1. The largest absolute Gasteiger partial charge is 0.462 e. The average Bonchev–Trinajstić information content (AvgIpc) is 3.26. The molecule has 15 nitrogen and oxygen atoms in total. The highest BCUT2D eigenvalue weighted by Crippen LogP contribution is 2.27. The lowest BCUT2D eigenvalue weighted by Crippen LogP contribution is -2.60. The summed E-state index contributed by atoms with van der Waals surface area (Å²) in [5.74, 6) is 12.9. The van der Waals surface area contributed by atoms with E-state index in [1.807, 2.05) is 42.5 Å². The molecule has 2 aromatic carbocycles. The Morgan fingerprint density at radius 1 is 0.431 bits per heavy atom. The maximum absolute atomic E-state index is 10.2. The molecule has 2 fully saturated rings. The molecule has 5 aromatic rings. The highest BCUT2D eigenvalue weighted by molar-refractivity contribution is 5.63. The van der Waals surface area contributed by atoms with Crippen LogP contribution < -0.4 is 9.47 Å². The van der Waals surface area contributed by atoms with Crippen LogP contribution in [0.3, 0.4) is 0 Å². The zero-order valence-corrected chi connectivity index (χ0v) is 30.6. The smallest absolute Gasteiger partial charge is 0.229 e. The minimum absolute atomic E-state index is 0.323. The van der Waals surface area contributed by atoms with Crippen molar-refractivity contribution in [1.82, 2.24) is 15.0 Å². The minimum atomic E-state index is -1.54. The Morgan fingerprint density at radius 3 is 1.17 bits per heavy atom. The summed E-state index contributed by atoms with van der Waals surface area (Å²) in [4.78, 5) is 14.2. The van der Waals surface area contributed by atoms with Gasteiger partial charge in [-0.2, -0.15) is 0 Å². The highest BCUT2D eigenvalue weighted by Gasteiger charge is 2.45. The lowest BCUT2D eigenvalue weighted by Gasteiger charge is -2.39. The lowest BCUT2D eigenvalue weighted by atomic mass is 9.99. The Balaban J connectivity index is 0.988. The fourth-order valence-electron chi connectivity index (χ4n) is 6.12. The van der Waals surface area contributed by atoms with Gasteiger partial charge in [-0.3, -0.25) is 0 Å². The molecule has 2 saturated heterocycles. The SMILES string of the molecule is OC[C@H]1O[C@@H](Oc2ccc(C#Cc3cccc(-c4cccc(-c5cccc(C#Cc6ccc(O[C@@H]7O[C@H](CO)[C@H](O)[C@H](O)[C@H]7O)cc6)n5)n4)n3)cc2)[C@H](O)[C@@H](O)[C@H]1O. The van der Waals surface area contributed by atoms with E-state index >= 15 is 0 Å². The van der Waals surface area contributed by atoms with Gasteiger partial charge in [-0.15, -0.1) is 0 Å². The number of rotatable bonds is 8. The summed E-state index contributed by atoms with van der Waals surface area (Å²) in [7, 11) is 0. The Labute approximate surface area is 332 Å². The summed E-state index contributed by atoms with van der Waals surface area (Å²) < 4.78 is 22.1. The molecule has 0 radical (unpaired) electrons. The molecule has 58 heavy (non-hydrogen) atoms. The first kappa shape index (κ1) is 40.4. The van der Waals surface area contributed by atoms with E-state index in [0.29, 0.717) is 56.8 Å². The number of aliphatic hydroxyl groups excluding tert-OH is 8. The zero-order chi connectivity index (χ0) is 40.8.